The number of nitrogens with one attached hydrogen (secondary N) is 1. The molecule has 1 aliphatic rings. The number of halogens is 1. The van der Waals surface area contributed by atoms with Crippen molar-refractivity contribution in [3.8, 4) is 17.6 Å². The van der Waals surface area contributed by atoms with Gasteiger partial charge in [-0.05, 0) is 63.3 Å². The van der Waals surface area contributed by atoms with Gasteiger partial charge in [0.05, 0.1) is 34.7 Å². The van der Waals surface area contributed by atoms with Gasteiger partial charge in [-0.1, -0.05) is 11.6 Å². The third kappa shape index (κ3) is 6.00. The van der Waals surface area contributed by atoms with Crippen molar-refractivity contribution in [2.24, 2.45) is 0 Å². The number of anilines is 2. The van der Waals surface area contributed by atoms with E-state index < -0.39 is 17.0 Å². The number of hydrogen-bond donors (Lipinski definition) is 2. The Bertz CT molecular complexity index is 1720. The minimum absolute atomic E-state index is 0.0692. The van der Waals surface area contributed by atoms with Gasteiger partial charge in [-0.15, -0.1) is 0 Å². The molecule has 1 saturated heterocycles. The number of aromatic nitrogens is 3. The van der Waals surface area contributed by atoms with E-state index in [4.69, 9.17) is 16.3 Å². The van der Waals surface area contributed by atoms with Crippen molar-refractivity contribution in [1.82, 2.24) is 19.4 Å². The molecule has 3 aromatic heterocycles. The normalized spacial score (nSPS) is 14.7. The van der Waals surface area contributed by atoms with Crippen LogP contribution in [0.1, 0.15) is 28.8 Å². The fourth-order valence-corrected chi connectivity index (χ4v) is 5.25. The second kappa shape index (κ2) is 12.5. The highest BCUT2D eigenvalue weighted by Crippen LogP contribution is 2.33. The molecular weight excluding hydrogens is 558 g/mol. The van der Waals surface area contributed by atoms with Crippen LogP contribution in [0.3, 0.4) is 0 Å². The van der Waals surface area contributed by atoms with Crippen LogP contribution in [0, 0.1) is 11.3 Å². The summed E-state index contributed by atoms with van der Waals surface area (Å²) in [6.07, 6.45) is 6.24. The zero-order valence-corrected chi connectivity index (χ0v) is 24.0. The summed E-state index contributed by atoms with van der Waals surface area (Å²) in [5.41, 5.74) is 0.894. The standard InChI is InChI=1S/C30H30ClN7O4/c1-36(2)12-10-33-27-8-7-20(16-35-27)38-17-23(30(40)41)28(39)22-13-19(15-32)25(14-26(22)38)37-11-4-5-21(37)18-42-29-24(31)6-3-9-34-29/h3,6-9,13-14,16-17,21H,4-5,10-12,18H2,1-2H3,(H,33,35)(H,40,41)/t21-/m1/s1. The molecule has 216 valence electrons. The Morgan fingerprint density at radius 3 is 2.81 bits per heavy atom. The van der Waals surface area contributed by atoms with Crippen LogP contribution in [0.2, 0.25) is 5.02 Å². The van der Waals surface area contributed by atoms with Crippen molar-refractivity contribution in [3.05, 3.63) is 81.4 Å². The van der Waals surface area contributed by atoms with Gasteiger partial charge in [-0.3, -0.25) is 4.79 Å². The lowest BCUT2D eigenvalue weighted by molar-refractivity contribution is 0.0695. The Morgan fingerprint density at radius 2 is 2.12 bits per heavy atom. The molecule has 4 heterocycles. The Kier molecular flexibility index (Phi) is 8.56. The van der Waals surface area contributed by atoms with Crippen LogP contribution in [0.5, 0.6) is 5.88 Å². The summed E-state index contributed by atoms with van der Waals surface area (Å²) in [5.74, 6) is -0.338. The van der Waals surface area contributed by atoms with Crippen LogP contribution in [-0.2, 0) is 0 Å². The molecule has 0 amide bonds. The van der Waals surface area contributed by atoms with Crippen molar-refractivity contribution < 1.29 is 14.6 Å². The number of carboxylic acids is 1. The highest BCUT2D eigenvalue weighted by molar-refractivity contribution is 6.31. The van der Waals surface area contributed by atoms with Crippen molar-refractivity contribution in [2.75, 3.05) is 50.6 Å². The first-order chi connectivity index (χ1) is 20.3. The molecule has 0 radical (unpaired) electrons. The number of ether oxygens (including phenoxy) is 1. The lowest BCUT2D eigenvalue weighted by Crippen LogP contribution is -2.35. The molecule has 0 spiro atoms. The Morgan fingerprint density at radius 1 is 1.29 bits per heavy atom. The predicted octanol–water partition coefficient (Wildman–Crippen LogP) is 4.03. The number of nitriles is 1. The molecule has 4 aromatic rings. The van der Waals surface area contributed by atoms with E-state index in [9.17, 15) is 20.0 Å². The Labute approximate surface area is 247 Å². The molecular formula is C30H30ClN7O4. The van der Waals surface area contributed by atoms with Crippen LogP contribution in [-0.4, -0.2) is 76.9 Å². The van der Waals surface area contributed by atoms with Gasteiger partial charge in [0.25, 0.3) is 0 Å². The Balaban J connectivity index is 1.55. The number of pyridine rings is 3. The first-order valence-electron chi connectivity index (χ1n) is 13.5. The highest BCUT2D eigenvalue weighted by Gasteiger charge is 2.29. The molecule has 42 heavy (non-hydrogen) atoms. The molecule has 1 aromatic carbocycles. The predicted molar refractivity (Wildman–Crippen MR) is 161 cm³/mol. The second-order valence-corrected chi connectivity index (χ2v) is 10.7. The monoisotopic (exact) mass is 587 g/mol. The lowest BCUT2D eigenvalue weighted by atomic mass is 10.0. The van der Waals surface area contributed by atoms with Crippen molar-refractivity contribution in [2.45, 2.75) is 18.9 Å². The quantitative estimate of drug-likeness (QED) is 0.280. The summed E-state index contributed by atoms with van der Waals surface area (Å²) < 4.78 is 7.57. The van der Waals surface area contributed by atoms with Gasteiger partial charge in [0.1, 0.15) is 29.1 Å². The first kappa shape index (κ1) is 28.9. The van der Waals surface area contributed by atoms with Crippen LogP contribution >= 0.6 is 11.6 Å². The smallest absolute Gasteiger partial charge is 0.341 e. The van der Waals surface area contributed by atoms with Crippen molar-refractivity contribution in [3.63, 3.8) is 0 Å². The SMILES string of the molecule is CN(C)CCNc1ccc(-n2cc(C(=O)O)c(=O)c3cc(C#N)c(N4CCC[C@@H]4COc4ncccc4Cl)cc32)cn1. The molecule has 1 aliphatic heterocycles. The lowest BCUT2D eigenvalue weighted by Gasteiger charge is -2.28. The third-order valence-corrected chi connectivity index (χ3v) is 7.47. The maximum atomic E-state index is 13.3. The summed E-state index contributed by atoms with van der Waals surface area (Å²) in [7, 11) is 3.97. The van der Waals surface area contributed by atoms with E-state index in [1.165, 1.54) is 12.3 Å². The largest absolute Gasteiger partial charge is 0.477 e. The summed E-state index contributed by atoms with van der Waals surface area (Å²) >= 11 is 6.22. The number of aromatic carboxylic acids is 1. The molecule has 1 fully saturated rings. The van der Waals surface area contributed by atoms with E-state index in [2.05, 4.69) is 31.2 Å². The zero-order valence-electron chi connectivity index (χ0n) is 23.2. The van der Waals surface area contributed by atoms with Crippen LogP contribution < -0.4 is 20.4 Å². The summed E-state index contributed by atoms with van der Waals surface area (Å²) in [6.45, 7) is 2.52. The van der Waals surface area contributed by atoms with E-state index in [-0.39, 0.29) is 17.0 Å². The maximum Gasteiger partial charge on any atom is 0.341 e. The molecule has 2 N–H and O–H groups in total. The average Bonchev–Trinajstić information content (AvgIpc) is 3.45. The summed E-state index contributed by atoms with van der Waals surface area (Å²) in [4.78, 5) is 38.1. The highest BCUT2D eigenvalue weighted by atomic mass is 35.5. The van der Waals surface area contributed by atoms with Gasteiger partial charge in [-0.25, -0.2) is 14.8 Å². The fraction of sp³-hybridized carbons (Fsp3) is 0.300. The van der Waals surface area contributed by atoms with Crippen LogP contribution in [0.15, 0.2) is 59.8 Å². The van der Waals surface area contributed by atoms with Gasteiger partial charge in [-0.2, -0.15) is 5.26 Å². The molecule has 11 nitrogen and oxygen atoms in total. The molecule has 1 atom stereocenters. The topological polar surface area (TPSA) is 137 Å². The third-order valence-electron chi connectivity index (χ3n) is 7.19. The van der Waals surface area contributed by atoms with E-state index in [0.29, 0.717) is 53.3 Å². The fourth-order valence-electron chi connectivity index (χ4n) is 5.07. The van der Waals surface area contributed by atoms with Crippen LogP contribution in [0.25, 0.3) is 16.6 Å². The zero-order chi connectivity index (χ0) is 29.8. The van der Waals surface area contributed by atoms with Crippen LogP contribution in [0.4, 0.5) is 11.5 Å². The van der Waals surface area contributed by atoms with Crippen molar-refractivity contribution >= 4 is 40.0 Å². The number of rotatable bonds is 10. The molecule has 0 saturated carbocycles. The number of carbonyl (C=O) groups is 1. The second-order valence-electron chi connectivity index (χ2n) is 10.3. The first-order valence-corrected chi connectivity index (χ1v) is 13.9. The average molecular weight is 588 g/mol. The maximum absolute atomic E-state index is 13.3. The summed E-state index contributed by atoms with van der Waals surface area (Å²) in [5, 5.41) is 23.7. The van der Waals surface area contributed by atoms with Gasteiger partial charge < -0.3 is 29.5 Å². The van der Waals surface area contributed by atoms with E-state index >= 15 is 0 Å². The number of fused-ring (bicyclic) bond motifs is 1. The number of benzene rings is 1. The van der Waals surface area contributed by atoms with Gasteiger partial charge in [0.2, 0.25) is 11.3 Å². The molecule has 0 unspecified atom stereocenters. The van der Waals surface area contributed by atoms with Gasteiger partial charge in [0, 0.05) is 37.4 Å². The molecule has 12 heteroatoms. The number of hydrogen-bond acceptors (Lipinski definition) is 9. The van der Waals surface area contributed by atoms with Crippen molar-refractivity contribution in [1.29, 1.82) is 5.26 Å². The number of nitrogens with zero attached hydrogens (tertiary/aromatic N) is 6. The minimum Gasteiger partial charge on any atom is -0.477 e. The Hall–Kier alpha value is -4.66. The number of likely N-dealkylation sites (N-methyl/N-ethyl adjacent to an activating group) is 1. The number of carboxylic acid groups (broad SMARTS) is 1. The van der Waals surface area contributed by atoms with E-state index in [0.717, 1.165) is 19.4 Å². The summed E-state index contributed by atoms with van der Waals surface area (Å²) in [6, 6.07) is 12.4. The minimum atomic E-state index is -1.35. The van der Waals surface area contributed by atoms with Gasteiger partial charge in [0.15, 0.2) is 0 Å². The molecule has 5 rings (SSSR count). The van der Waals surface area contributed by atoms with E-state index in [1.807, 2.05) is 20.2 Å². The molecule has 0 bridgehead atoms. The molecule has 0 aliphatic carbocycles. The van der Waals surface area contributed by atoms with Gasteiger partial charge >= 0.3 is 5.97 Å². The van der Waals surface area contributed by atoms with E-state index in [1.54, 1.807) is 41.2 Å².